The zero-order valence-corrected chi connectivity index (χ0v) is 9.25. The minimum atomic E-state index is -0.509. The first-order chi connectivity index (χ1) is 7.66. The molecule has 1 heterocycles. The summed E-state index contributed by atoms with van der Waals surface area (Å²) >= 11 is 4.73. The molecule has 1 atom stereocenters. The van der Waals surface area contributed by atoms with Gasteiger partial charge in [-0.2, -0.15) is 0 Å². The van der Waals surface area contributed by atoms with Crippen molar-refractivity contribution in [1.82, 2.24) is 10.2 Å². The van der Waals surface area contributed by atoms with Crippen LogP contribution < -0.4 is 4.74 Å². The zero-order valence-electron chi connectivity index (χ0n) is 8.44. The van der Waals surface area contributed by atoms with Crippen LogP contribution in [0.3, 0.4) is 0 Å². The van der Waals surface area contributed by atoms with E-state index in [1.54, 1.807) is 19.1 Å². The van der Waals surface area contributed by atoms with Crippen molar-refractivity contribution in [3.05, 3.63) is 40.8 Å². The van der Waals surface area contributed by atoms with Crippen molar-refractivity contribution in [2.75, 3.05) is 0 Å². The van der Waals surface area contributed by atoms with Gasteiger partial charge in [0.15, 0.2) is 17.7 Å². The van der Waals surface area contributed by atoms with E-state index < -0.39 is 11.9 Å². The van der Waals surface area contributed by atoms with Gasteiger partial charge in [-0.25, -0.2) is 9.49 Å². The van der Waals surface area contributed by atoms with Gasteiger partial charge in [0.05, 0.1) is 0 Å². The molecule has 1 aromatic heterocycles. The molecule has 4 nitrogen and oxygen atoms in total. The van der Waals surface area contributed by atoms with Crippen molar-refractivity contribution >= 4 is 12.2 Å². The van der Waals surface area contributed by atoms with Crippen LogP contribution in [0.5, 0.6) is 5.75 Å². The predicted octanol–water partition coefficient (Wildman–Crippen LogP) is 3.01. The molecule has 84 valence electrons. The average molecular weight is 240 g/mol. The molecule has 0 saturated heterocycles. The van der Waals surface area contributed by atoms with E-state index in [-0.39, 0.29) is 16.5 Å². The number of halogens is 1. The SMILES string of the molecule is CC(Oc1ccccc1F)c1n[nH]c(=S)o1. The molecule has 6 heteroatoms. The van der Waals surface area contributed by atoms with Crippen LogP contribution in [0.2, 0.25) is 0 Å². The fourth-order valence-electron chi connectivity index (χ4n) is 1.20. The van der Waals surface area contributed by atoms with E-state index in [1.807, 2.05) is 0 Å². The van der Waals surface area contributed by atoms with Crippen molar-refractivity contribution in [2.45, 2.75) is 13.0 Å². The van der Waals surface area contributed by atoms with E-state index in [4.69, 9.17) is 21.4 Å². The molecule has 2 aromatic rings. The largest absolute Gasteiger partial charge is 0.478 e. The molecule has 0 amide bonds. The number of aromatic nitrogens is 2. The molecule has 0 fully saturated rings. The van der Waals surface area contributed by atoms with Crippen molar-refractivity contribution in [3.63, 3.8) is 0 Å². The summed E-state index contributed by atoms with van der Waals surface area (Å²) in [4.78, 5) is 0.166. The summed E-state index contributed by atoms with van der Waals surface area (Å²) in [5.74, 6) is 0.0101. The summed E-state index contributed by atoms with van der Waals surface area (Å²) in [6.45, 7) is 1.70. The van der Waals surface area contributed by atoms with E-state index in [1.165, 1.54) is 12.1 Å². The van der Waals surface area contributed by atoms with Crippen molar-refractivity contribution in [1.29, 1.82) is 0 Å². The fraction of sp³-hybridized carbons (Fsp3) is 0.200. The summed E-state index contributed by atoms with van der Waals surface area (Å²) in [6, 6.07) is 6.13. The van der Waals surface area contributed by atoms with Crippen LogP contribution in [-0.4, -0.2) is 10.2 Å². The van der Waals surface area contributed by atoms with E-state index in [2.05, 4.69) is 10.2 Å². The molecule has 0 aliphatic rings. The predicted molar refractivity (Wildman–Crippen MR) is 57.1 cm³/mol. The van der Waals surface area contributed by atoms with Crippen LogP contribution >= 0.6 is 12.2 Å². The molecule has 0 radical (unpaired) electrons. The molecule has 1 aromatic carbocycles. The first-order valence-corrected chi connectivity index (χ1v) is 5.04. The van der Waals surface area contributed by atoms with Gasteiger partial charge in [0.1, 0.15) is 0 Å². The van der Waals surface area contributed by atoms with Crippen LogP contribution in [0.15, 0.2) is 28.7 Å². The smallest absolute Gasteiger partial charge is 0.284 e. The monoisotopic (exact) mass is 240 g/mol. The molecular formula is C10H9FN2O2S. The van der Waals surface area contributed by atoms with E-state index in [9.17, 15) is 4.39 Å². The number of rotatable bonds is 3. The lowest BCUT2D eigenvalue weighted by molar-refractivity contribution is 0.180. The summed E-state index contributed by atoms with van der Waals surface area (Å²) in [7, 11) is 0. The lowest BCUT2D eigenvalue weighted by Crippen LogP contribution is -2.04. The Balaban J connectivity index is 2.16. The van der Waals surface area contributed by atoms with Crippen LogP contribution in [0.4, 0.5) is 4.39 Å². The van der Waals surface area contributed by atoms with E-state index >= 15 is 0 Å². The van der Waals surface area contributed by atoms with Crippen LogP contribution in [0.1, 0.15) is 18.9 Å². The Morgan fingerprint density at radius 3 is 2.88 bits per heavy atom. The van der Waals surface area contributed by atoms with Crippen molar-refractivity contribution in [2.24, 2.45) is 0 Å². The molecule has 0 bridgehead atoms. The average Bonchev–Trinajstić information content (AvgIpc) is 2.68. The van der Waals surface area contributed by atoms with Gasteiger partial charge in [0, 0.05) is 0 Å². The molecular weight excluding hydrogens is 231 g/mol. The van der Waals surface area contributed by atoms with Gasteiger partial charge in [-0.15, -0.1) is 5.10 Å². The third kappa shape index (κ3) is 2.27. The lowest BCUT2D eigenvalue weighted by atomic mass is 10.3. The van der Waals surface area contributed by atoms with Crippen molar-refractivity contribution < 1.29 is 13.5 Å². The molecule has 0 aliphatic heterocycles. The Kier molecular flexibility index (Phi) is 3.00. The third-order valence-electron chi connectivity index (χ3n) is 1.94. The first kappa shape index (κ1) is 10.8. The van der Waals surface area contributed by atoms with Gasteiger partial charge in [-0.3, -0.25) is 0 Å². The summed E-state index contributed by atoms with van der Waals surface area (Å²) in [5.41, 5.74) is 0. The number of hydrogen-bond donors (Lipinski definition) is 1. The molecule has 0 aliphatic carbocycles. The zero-order chi connectivity index (χ0) is 11.5. The Morgan fingerprint density at radius 1 is 1.50 bits per heavy atom. The highest BCUT2D eigenvalue weighted by Crippen LogP contribution is 2.22. The highest BCUT2D eigenvalue weighted by Gasteiger charge is 2.14. The fourth-order valence-corrected chi connectivity index (χ4v) is 1.33. The molecule has 1 unspecified atom stereocenters. The standard InChI is InChI=1S/C10H9FN2O2S/c1-6(9-12-13-10(16)15-9)14-8-5-3-2-4-7(8)11/h2-6H,1H3,(H,13,16). The van der Waals surface area contributed by atoms with Crippen LogP contribution in [0, 0.1) is 10.7 Å². The number of nitrogens with zero attached hydrogens (tertiary/aromatic N) is 1. The number of ether oxygens (including phenoxy) is 1. The molecule has 2 rings (SSSR count). The van der Waals surface area contributed by atoms with Gasteiger partial charge in [-0.05, 0) is 31.3 Å². The third-order valence-corrected chi connectivity index (χ3v) is 2.12. The minimum Gasteiger partial charge on any atom is -0.478 e. The van der Waals surface area contributed by atoms with E-state index in [0.717, 1.165) is 0 Å². The summed E-state index contributed by atoms with van der Waals surface area (Å²) in [6.07, 6.45) is -0.509. The van der Waals surface area contributed by atoms with Gasteiger partial charge >= 0.3 is 0 Å². The maximum atomic E-state index is 13.3. The minimum absolute atomic E-state index is 0.152. The maximum absolute atomic E-state index is 13.3. The Bertz CT molecular complexity index is 537. The van der Waals surface area contributed by atoms with Gasteiger partial charge in [0.25, 0.3) is 10.7 Å². The molecule has 16 heavy (non-hydrogen) atoms. The van der Waals surface area contributed by atoms with Gasteiger partial charge in [-0.1, -0.05) is 12.1 Å². The topological polar surface area (TPSA) is 51.0 Å². The Labute approximate surface area is 96.1 Å². The molecule has 1 N–H and O–H groups in total. The number of para-hydroxylation sites is 1. The Morgan fingerprint density at radius 2 is 2.25 bits per heavy atom. The molecule has 0 spiro atoms. The first-order valence-electron chi connectivity index (χ1n) is 4.63. The number of benzene rings is 1. The summed E-state index contributed by atoms with van der Waals surface area (Å²) < 4.78 is 23.7. The van der Waals surface area contributed by atoms with Gasteiger partial charge < -0.3 is 9.15 Å². The van der Waals surface area contributed by atoms with Crippen LogP contribution in [-0.2, 0) is 0 Å². The highest BCUT2D eigenvalue weighted by atomic mass is 32.1. The van der Waals surface area contributed by atoms with E-state index in [0.29, 0.717) is 0 Å². The number of nitrogens with one attached hydrogen (secondary N) is 1. The van der Waals surface area contributed by atoms with Crippen molar-refractivity contribution in [3.8, 4) is 5.75 Å². The maximum Gasteiger partial charge on any atom is 0.284 e. The molecule has 0 saturated carbocycles. The second kappa shape index (κ2) is 4.44. The number of hydrogen-bond acceptors (Lipinski definition) is 4. The number of H-pyrrole nitrogens is 1. The summed E-state index contributed by atoms with van der Waals surface area (Å²) in [5, 5.41) is 6.27. The van der Waals surface area contributed by atoms with Gasteiger partial charge in [0.2, 0.25) is 0 Å². The quantitative estimate of drug-likeness (QED) is 0.838. The number of aromatic amines is 1. The second-order valence-corrected chi connectivity index (χ2v) is 3.51. The normalized spacial score (nSPS) is 12.4. The van der Waals surface area contributed by atoms with Crippen LogP contribution in [0.25, 0.3) is 0 Å². The lowest BCUT2D eigenvalue weighted by Gasteiger charge is -2.10. The highest BCUT2D eigenvalue weighted by molar-refractivity contribution is 7.71. The second-order valence-electron chi connectivity index (χ2n) is 3.14. The Hall–Kier alpha value is -1.69.